The second-order valence-corrected chi connectivity index (χ2v) is 7.72. The molecule has 7 heteroatoms. The van der Waals surface area contributed by atoms with E-state index in [0.717, 1.165) is 30.5 Å². The Morgan fingerprint density at radius 2 is 1.69 bits per heavy atom. The average molecular weight is 378 g/mol. The summed E-state index contributed by atoms with van der Waals surface area (Å²) in [4.78, 5) is 12.0. The molecule has 0 fully saturated rings. The van der Waals surface area contributed by atoms with Crippen molar-refractivity contribution in [1.29, 1.82) is 0 Å². The fourth-order valence-corrected chi connectivity index (χ4v) is 3.89. The zero-order valence-corrected chi connectivity index (χ0v) is 15.6. The lowest BCUT2D eigenvalue weighted by molar-refractivity contribution is -0.123. The third-order valence-electron chi connectivity index (χ3n) is 3.95. The van der Waals surface area contributed by atoms with Gasteiger partial charge in [0.25, 0.3) is 0 Å². The van der Waals surface area contributed by atoms with Gasteiger partial charge in [-0.2, -0.15) is 4.72 Å². The van der Waals surface area contributed by atoms with Gasteiger partial charge in [0.05, 0.1) is 12.1 Å². The van der Waals surface area contributed by atoms with Crippen molar-refractivity contribution in [1.82, 2.24) is 10.0 Å². The minimum Gasteiger partial charge on any atom is -0.348 e. The normalized spacial score (nSPS) is 13.8. The van der Waals surface area contributed by atoms with Crippen LogP contribution in [0.5, 0.6) is 0 Å². The minimum absolute atomic E-state index is 0.214. The van der Waals surface area contributed by atoms with Crippen LogP contribution in [0, 0.1) is 5.82 Å². The molecule has 0 radical (unpaired) electrons. The first-order chi connectivity index (χ1) is 12.3. The predicted molar refractivity (Wildman–Crippen MR) is 98.4 cm³/mol. The lowest BCUT2D eigenvalue weighted by Crippen LogP contribution is -2.45. The van der Waals surface area contributed by atoms with Crippen LogP contribution in [-0.2, 0) is 14.8 Å². The molecule has 2 N–H and O–H groups in total. The summed E-state index contributed by atoms with van der Waals surface area (Å²) in [6.07, 6.45) is 1.58. The Morgan fingerprint density at radius 1 is 1.08 bits per heavy atom. The summed E-state index contributed by atoms with van der Waals surface area (Å²) < 4.78 is 40.6. The second-order valence-electron chi connectivity index (χ2n) is 6.03. The number of benzene rings is 2. The van der Waals surface area contributed by atoms with Crippen molar-refractivity contribution in [3.63, 3.8) is 0 Å². The van der Waals surface area contributed by atoms with Crippen molar-refractivity contribution in [2.45, 2.75) is 43.7 Å². The molecular weight excluding hydrogens is 355 g/mol. The molecule has 2 aromatic carbocycles. The van der Waals surface area contributed by atoms with Crippen molar-refractivity contribution in [2.75, 3.05) is 0 Å². The molecule has 26 heavy (non-hydrogen) atoms. The van der Waals surface area contributed by atoms with Crippen molar-refractivity contribution >= 4 is 15.9 Å². The topological polar surface area (TPSA) is 75.3 Å². The van der Waals surface area contributed by atoms with Crippen LogP contribution in [0.1, 0.15) is 38.3 Å². The number of hydrogen-bond donors (Lipinski definition) is 2. The smallest absolute Gasteiger partial charge is 0.244 e. The van der Waals surface area contributed by atoms with Gasteiger partial charge in [0.2, 0.25) is 15.9 Å². The fourth-order valence-electron chi connectivity index (χ4n) is 2.61. The number of rotatable bonds is 8. The van der Waals surface area contributed by atoms with E-state index in [1.165, 1.54) is 19.1 Å². The average Bonchev–Trinajstić information content (AvgIpc) is 2.61. The van der Waals surface area contributed by atoms with Gasteiger partial charge in [-0.05, 0) is 31.0 Å². The van der Waals surface area contributed by atoms with E-state index in [1.807, 2.05) is 37.3 Å². The summed E-state index contributed by atoms with van der Waals surface area (Å²) in [6, 6.07) is 13.3. The summed E-state index contributed by atoms with van der Waals surface area (Å²) in [5.74, 6) is -1.33. The highest BCUT2D eigenvalue weighted by Gasteiger charge is 2.25. The van der Waals surface area contributed by atoms with Gasteiger partial charge in [0.15, 0.2) is 0 Å². The quantitative estimate of drug-likeness (QED) is 0.741. The Labute approximate surface area is 153 Å². The predicted octanol–water partition coefficient (Wildman–Crippen LogP) is 3.15. The highest BCUT2D eigenvalue weighted by molar-refractivity contribution is 7.89. The van der Waals surface area contributed by atoms with Gasteiger partial charge in [0.1, 0.15) is 10.7 Å². The van der Waals surface area contributed by atoms with Crippen LogP contribution >= 0.6 is 0 Å². The number of sulfonamides is 1. The van der Waals surface area contributed by atoms with Crippen molar-refractivity contribution in [3.8, 4) is 0 Å². The maximum Gasteiger partial charge on any atom is 0.244 e. The molecule has 0 saturated heterocycles. The van der Waals surface area contributed by atoms with E-state index in [-0.39, 0.29) is 6.04 Å². The Hall–Kier alpha value is -2.25. The first kappa shape index (κ1) is 20.1. The van der Waals surface area contributed by atoms with E-state index in [0.29, 0.717) is 0 Å². The minimum atomic E-state index is -4.13. The van der Waals surface area contributed by atoms with E-state index in [1.54, 1.807) is 0 Å². The number of amides is 1. The summed E-state index contributed by atoms with van der Waals surface area (Å²) in [5, 5.41) is 2.86. The van der Waals surface area contributed by atoms with Crippen molar-refractivity contribution in [3.05, 3.63) is 66.0 Å². The first-order valence-corrected chi connectivity index (χ1v) is 9.95. The van der Waals surface area contributed by atoms with Gasteiger partial charge >= 0.3 is 0 Å². The molecule has 2 aromatic rings. The third-order valence-corrected chi connectivity index (χ3v) is 5.52. The zero-order chi connectivity index (χ0) is 19.2. The van der Waals surface area contributed by atoms with E-state index in [4.69, 9.17) is 0 Å². The van der Waals surface area contributed by atoms with Crippen molar-refractivity contribution in [2.24, 2.45) is 0 Å². The maximum atomic E-state index is 13.7. The molecule has 2 rings (SSSR count). The number of carbonyl (C=O) groups excluding carboxylic acids is 1. The molecule has 0 spiro atoms. The summed E-state index contributed by atoms with van der Waals surface area (Å²) in [5.41, 5.74) is 0.951. The van der Waals surface area contributed by atoms with Crippen molar-refractivity contribution < 1.29 is 17.6 Å². The lowest BCUT2D eigenvalue weighted by Gasteiger charge is -2.21. The third kappa shape index (κ3) is 5.12. The molecule has 5 nitrogen and oxygen atoms in total. The fraction of sp³-hybridized carbons (Fsp3) is 0.316. The molecular formula is C19H23FN2O3S. The van der Waals surface area contributed by atoms with Gasteiger partial charge < -0.3 is 5.32 Å². The molecule has 0 aliphatic rings. The van der Waals surface area contributed by atoms with Gasteiger partial charge in [-0.15, -0.1) is 0 Å². The van der Waals surface area contributed by atoms with E-state index in [9.17, 15) is 17.6 Å². The monoisotopic (exact) mass is 378 g/mol. The van der Waals surface area contributed by atoms with Crippen LogP contribution < -0.4 is 10.0 Å². The number of carbonyl (C=O) groups is 1. The van der Waals surface area contributed by atoms with E-state index >= 15 is 0 Å². The van der Waals surface area contributed by atoms with E-state index in [2.05, 4.69) is 10.0 Å². The summed E-state index contributed by atoms with van der Waals surface area (Å²) >= 11 is 0. The van der Waals surface area contributed by atoms with E-state index < -0.39 is 32.7 Å². The molecule has 2 unspecified atom stereocenters. The van der Waals surface area contributed by atoms with Gasteiger partial charge in [0, 0.05) is 0 Å². The Kier molecular flexibility index (Phi) is 6.88. The molecule has 0 bridgehead atoms. The van der Waals surface area contributed by atoms with Gasteiger partial charge in [-0.1, -0.05) is 55.8 Å². The SMILES string of the molecule is CCCC(NC(=O)C(C)NS(=O)(=O)c1ccccc1F)c1ccccc1. The largest absolute Gasteiger partial charge is 0.348 e. The van der Waals surface area contributed by atoms with Crippen LogP contribution in [0.3, 0.4) is 0 Å². The molecule has 0 heterocycles. The van der Waals surface area contributed by atoms with Crippen LogP contribution in [-0.4, -0.2) is 20.4 Å². The van der Waals surface area contributed by atoms with Gasteiger partial charge in [-0.25, -0.2) is 12.8 Å². The molecule has 0 aliphatic heterocycles. The van der Waals surface area contributed by atoms with Crippen LogP contribution in [0.25, 0.3) is 0 Å². The Balaban J connectivity index is 2.10. The molecule has 140 valence electrons. The standard InChI is InChI=1S/C19H23FN2O3S/c1-3-9-17(15-10-5-4-6-11-15)21-19(23)14(2)22-26(24,25)18-13-8-7-12-16(18)20/h4-8,10-14,17,22H,3,9H2,1-2H3,(H,21,23). The highest BCUT2D eigenvalue weighted by Crippen LogP contribution is 2.19. The van der Waals surface area contributed by atoms with Crippen LogP contribution in [0.4, 0.5) is 4.39 Å². The van der Waals surface area contributed by atoms with Crippen LogP contribution in [0.15, 0.2) is 59.5 Å². The zero-order valence-electron chi connectivity index (χ0n) is 14.8. The molecule has 2 atom stereocenters. The molecule has 0 saturated carbocycles. The number of hydrogen-bond acceptors (Lipinski definition) is 3. The van der Waals surface area contributed by atoms with Crippen LogP contribution in [0.2, 0.25) is 0 Å². The summed E-state index contributed by atoms with van der Waals surface area (Å²) in [6.45, 7) is 3.44. The number of halogens is 1. The second kappa shape index (κ2) is 8.91. The molecule has 0 aliphatic carbocycles. The molecule has 0 aromatic heterocycles. The summed E-state index contributed by atoms with van der Waals surface area (Å²) in [7, 11) is -4.13. The maximum absolute atomic E-state index is 13.7. The number of nitrogens with one attached hydrogen (secondary N) is 2. The van der Waals surface area contributed by atoms with Gasteiger partial charge in [-0.3, -0.25) is 4.79 Å². The first-order valence-electron chi connectivity index (χ1n) is 8.47. The highest BCUT2D eigenvalue weighted by atomic mass is 32.2. The Morgan fingerprint density at radius 3 is 2.31 bits per heavy atom. The molecule has 1 amide bonds. The Bertz CT molecular complexity index is 841. The lowest BCUT2D eigenvalue weighted by atomic mass is 10.0.